The zero-order chi connectivity index (χ0) is 29.4. The normalized spacial score (nSPS) is 10.3. The topological polar surface area (TPSA) is 220 Å². The number of nitrogens with zero attached hydrogens (tertiary/aromatic N) is 2. The Bertz CT molecular complexity index is 912. The van der Waals surface area contributed by atoms with Crippen molar-refractivity contribution in [2.24, 2.45) is 0 Å². The van der Waals surface area contributed by atoms with Crippen LogP contribution >= 0.6 is 10.7 Å². The van der Waals surface area contributed by atoms with Crippen LogP contribution in [0.4, 0.5) is 17.1 Å². The fourth-order valence-corrected chi connectivity index (χ4v) is 2.41. The van der Waals surface area contributed by atoms with Crippen molar-refractivity contribution >= 4 is 42.7 Å². The standard InChI is InChI=1S/C12H17N3O6.C8H17NO3.CH3ClO2S/c16-6-8-21-7-2-1-5-13-11-4-3-10(14(17)18)9-12(11)15(19)20;1-8(11)9-4-2-3-6-12-7-5-10;1-5(2,3)4/h3-4,9,13,16H,1-2,5-8H2;10H,2-7H2,1H3,(H,9,11);1H3. The Balaban J connectivity index is 0. The Hall–Kier alpha value is -2.63. The quantitative estimate of drug-likeness (QED) is 0.0885. The second-order valence-corrected chi connectivity index (χ2v) is 10.4. The number of aliphatic hydroxyl groups is 2. The minimum absolute atomic E-state index is 0.00581. The van der Waals surface area contributed by atoms with Gasteiger partial charge in [0.25, 0.3) is 11.4 Å². The second kappa shape index (κ2) is 23.5. The zero-order valence-corrected chi connectivity index (χ0v) is 23.0. The highest BCUT2D eigenvalue weighted by Crippen LogP contribution is 2.28. The van der Waals surface area contributed by atoms with E-state index in [0.717, 1.165) is 38.0 Å². The van der Waals surface area contributed by atoms with Gasteiger partial charge in [-0.25, -0.2) is 8.42 Å². The summed E-state index contributed by atoms with van der Waals surface area (Å²) in [5.41, 5.74) is -0.382. The number of anilines is 1. The number of aliphatic hydroxyl groups excluding tert-OH is 2. The van der Waals surface area contributed by atoms with Crippen LogP contribution in [0.15, 0.2) is 18.2 Å². The molecule has 0 unspecified atom stereocenters. The first kappa shape index (κ1) is 37.5. The number of amides is 1. The maximum absolute atomic E-state index is 10.9. The number of hydrogen-bond acceptors (Lipinski definition) is 12. The number of nitro benzene ring substituents is 2. The van der Waals surface area contributed by atoms with Crippen molar-refractivity contribution in [3.05, 3.63) is 38.4 Å². The second-order valence-electron chi connectivity index (χ2n) is 7.39. The molecule has 1 aromatic rings. The minimum atomic E-state index is -3.19. The molecule has 0 fully saturated rings. The average Bonchev–Trinajstić information content (AvgIpc) is 2.82. The van der Waals surface area contributed by atoms with Gasteiger partial charge in [-0.15, -0.1) is 0 Å². The van der Waals surface area contributed by atoms with E-state index in [9.17, 15) is 33.4 Å². The first-order valence-electron chi connectivity index (χ1n) is 11.5. The molecule has 1 amide bonds. The molecule has 17 heteroatoms. The maximum Gasteiger partial charge on any atom is 0.299 e. The number of hydrogen-bond donors (Lipinski definition) is 4. The molecule has 0 atom stereocenters. The van der Waals surface area contributed by atoms with Crippen LogP contribution in [-0.2, 0) is 23.3 Å². The van der Waals surface area contributed by atoms with Gasteiger partial charge in [-0.3, -0.25) is 25.0 Å². The smallest absolute Gasteiger partial charge is 0.299 e. The van der Waals surface area contributed by atoms with Crippen LogP contribution in [0, 0.1) is 20.2 Å². The molecular formula is C21H37ClN4O11S. The Morgan fingerprint density at radius 1 is 0.947 bits per heavy atom. The molecule has 1 rings (SSSR count). The number of carbonyl (C=O) groups is 1. The third kappa shape index (κ3) is 26.4. The molecule has 0 saturated heterocycles. The largest absolute Gasteiger partial charge is 0.394 e. The summed E-state index contributed by atoms with van der Waals surface area (Å²) in [6.45, 7) is 4.60. The summed E-state index contributed by atoms with van der Waals surface area (Å²) in [7, 11) is 1.31. The van der Waals surface area contributed by atoms with Crippen molar-refractivity contribution in [2.75, 3.05) is 64.3 Å². The van der Waals surface area contributed by atoms with E-state index < -0.39 is 18.9 Å². The molecule has 0 heterocycles. The average molecular weight is 589 g/mol. The molecule has 0 aliphatic rings. The summed E-state index contributed by atoms with van der Waals surface area (Å²) in [6, 6.07) is 3.49. The van der Waals surface area contributed by atoms with E-state index in [1.54, 1.807) is 0 Å². The van der Waals surface area contributed by atoms with Crippen LogP contribution in [-0.4, -0.2) is 93.4 Å². The lowest BCUT2D eigenvalue weighted by Crippen LogP contribution is -2.21. The van der Waals surface area contributed by atoms with Crippen LogP contribution in [0.1, 0.15) is 32.6 Å². The van der Waals surface area contributed by atoms with E-state index in [2.05, 4.69) is 21.3 Å². The number of benzene rings is 1. The molecule has 0 aromatic heterocycles. The van der Waals surface area contributed by atoms with Gasteiger partial charge in [-0.05, 0) is 31.7 Å². The third-order valence-electron chi connectivity index (χ3n) is 3.98. The van der Waals surface area contributed by atoms with Crippen molar-refractivity contribution < 1.29 is 42.7 Å². The molecule has 0 bridgehead atoms. The van der Waals surface area contributed by atoms with E-state index >= 15 is 0 Å². The van der Waals surface area contributed by atoms with Crippen LogP contribution in [0.2, 0.25) is 0 Å². The number of unbranched alkanes of at least 4 members (excludes halogenated alkanes) is 2. The lowest BCUT2D eigenvalue weighted by molar-refractivity contribution is -0.393. The molecule has 4 N–H and O–H groups in total. The van der Waals surface area contributed by atoms with Gasteiger partial charge in [0.05, 0.1) is 48.6 Å². The number of halogens is 1. The molecule has 0 aliphatic heterocycles. The molecule has 220 valence electrons. The monoisotopic (exact) mass is 588 g/mol. The van der Waals surface area contributed by atoms with Crippen LogP contribution in [0.5, 0.6) is 0 Å². The maximum atomic E-state index is 10.9. The van der Waals surface area contributed by atoms with E-state index in [1.165, 1.54) is 19.1 Å². The Morgan fingerprint density at radius 2 is 1.45 bits per heavy atom. The number of rotatable bonds is 17. The number of nitro groups is 2. The zero-order valence-electron chi connectivity index (χ0n) is 21.5. The molecule has 0 radical (unpaired) electrons. The van der Waals surface area contributed by atoms with Crippen molar-refractivity contribution in [3.8, 4) is 0 Å². The molecule has 15 nitrogen and oxygen atoms in total. The van der Waals surface area contributed by atoms with Gasteiger partial charge in [0, 0.05) is 50.0 Å². The Labute approximate surface area is 226 Å². The summed E-state index contributed by atoms with van der Waals surface area (Å²) < 4.78 is 28.9. The van der Waals surface area contributed by atoms with E-state index in [1.807, 2.05) is 0 Å². The number of carbonyl (C=O) groups excluding carboxylic acids is 1. The fraction of sp³-hybridized carbons (Fsp3) is 0.667. The Kier molecular flexibility index (Phi) is 23.2. The first-order chi connectivity index (χ1) is 17.8. The highest BCUT2D eigenvalue weighted by Gasteiger charge is 2.18. The number of non-ortho nitro benzene ring substituents is 1. The van der Waals surface area contributed by atoms with Crippen LogP contribution in [0.3, 0.4) is 0 Å². The van der Waals surface area contributed by atoms with E-state index in [4.69, 9.17) is 19.7 Å². The highest BCUT2D eigenvalue weighted by molar-refractivity contribution is 8.13. The summed E-state index contributed by atoms with van der Waals surface area (Å²) in [4.78, 5) is 30.6. The highest BCUT2D eigenvalue weighted by atomic mass is 35.7. The summed E-state index contributed by atoms with van der Waals surface area (Å²) in [5, 5.41) is 44.0. The van der Waals surface area contributed by atoms with Crippen LogP contribution < -0.4 is 10.6 Å². The SMILES string of the molecule is CC(=O)NCCCCOCCO.CS(=O)(=O)Cl.O=[N+]([O-])c1ccc(NCCCCOCCO)c([N+](=O)[O-])c1. The van der Waals surface area contributed by atoms with Crippen molar-refractivity contribution in [3.63, 3.8) is 0 Å². The predicted octanol–water partition coefficient (Wildman–Crippen LogP) is 1.80. The predicted molar refractivity (Wildman–Crippen MR) is 142 cm³/mol. The summed E-state index contributed by atoms with van der Waals surface area (Å²) in [5.74, 6) is 0.00581. The van der Waals surface area contributed by atoms with Gasteiger partial charge >= 0.3 is 0 Å². The number of ether oxygens (including phenoxy) is 2. The van der Waals surface area contributed by atoms with Gasteiger partial charge in [0.2, 0.25) is 15.0 Å². The molecular weight excluding hydrogens is 552 g/mol. The molecule has 38 heavy (non-hydrogen) atoms. The third-order valence-corrected chi connectivity index (χ3v) is 3.98. The van der Waals surface area contributed by atoms with Crippen molar-refractivity contribution in [1.82, 2.24) is 5.32 Å². The fourth-order valence-electron chi connectivity index (χ4n) is 2.41. The van der Waals surface area contributed by atoms with Gasteiger partial charge in [-0.1, -0.05) is 0 Å². The lowest BCUT2D eigenvalue weighted by Gasteiger charge is -2.07. The van der Waals surface area contributed by atoms with E-state index in [0.29, 0.717) is 39.5 Å². The summed E-state index contributed by atoms with van der Waals surface area (Å²) in [6.07, 6.45) is 4.23. The van der Waals surface area contributed by atoms with Gasteiger partial charge in [-0.2, -0.15) is 0 Å². The molecule has 0 spiro atoms. The first-order valence-corrected chi connectivity index (χ1v) is 14.2. The molecule has 0 aliphatic carbocycles. The Morgan fingerprint density at radius 3 is 1.87 bits per heavy atom. The van der Waals surface area contributed by atoms with Gasteiger partial charge < -0.3 is 30.3 Å². The molecule has 0 saturated carbocycles. The summed E-state index contributed by atoms with van der Waals surface area (Å²) >= 11 is 0. The minimum Gasteiger partial charge on any atom is -0.394 e. The van der Waals surface area contributed by atoms with E-state index in [-0.39, 0.29) is 36.2 Å². The number of nitrogens with one attached hydrogen (secondary N) is 2. The van der Waals surface area contributed by atoms with Gasteiger partial charge in [0.15, 0.2) is 0 Å². The lowest BCUT2D eigenvalue weighted by atomic mass is 10.2. The van der Waals surface area contributed by atoms with Crippen molar-refractivity contribution in [1.29, 1.82) is 0 Å². The van der Waals surface area contributed by atoms with Crippen molar-refractivity contribution in [2.45, 2.75) is 32.6 Å². The van der Waals surface area contributed by atoms with Crippen LogP contribution in [0.25, 0.3) is 0 Å². The van der Waals surface area contributed by atoms with Gasteiger partial charge in [0.1, 0.15) is 5.69 Å². The molecule has 1 aromatic carbocycles.